The Labute approximate surface area is 254 Å². The first-order chi connectivity index (χ1) is 20.9. The van der Waals surface area contributed by atoms with Crippen molar-refractivity contribution >= 4 is 38.7 Å². The van der Waals surface area contributed by atoms with Crippen molar-refractivity contribution in [1.82, 2.24) is 20.2 Å². The highest BCUT2D eigenvalue weighted by atomic mass is 32.2. The minimum absolute atomic E-state index is 0.0594. The summed E-state index contributed by atoms with van der Waals surface area (Å²) in [4.78, 5) is 37.8. The summed E-state index contributed by atoms with van der Waals surface area (Å²) in [5.41, 5.74) is 1.06. The molecular formula is C31H31N5O5S2. The Morgan fingerprint density at radius 2 is 1.84 bits per heavy atom. The van der Waals surface area contributed by atoms with E-state index in [4.69, 9.17) is 4.74 Å². The molecular weight excluding hydrogens is 587 g/mol. The molecule has 10 nitrogen and oxygen atoms in total. The van der Waals surface area contributed by atoms with Gasteiger partial charge in [-0.1, -0.05) is 18.6 Å². The monoisotopic (exact) mass is 617 g/mol. The lowest BCUT2D eigenvalue weighted by atomic mass is 10.1. The van der Waals surface area contributed by atoms with Crippen molar-refractivity contribution in [3.63, 3.8) is 0 Å². The molecule has 6 rings (SSSR count). The average Bonchev–Trinajstić information content (AvgIpc) is 3.49. The number of nitrogens with zero attached hydrogens (tertiary/aromatic N) is 3. The lowest BCUT2D eigenvalue weighted by molar-refractivity contribution is 0.0949. The van der Waals surface area contributed by atoms with Crippen LogP contribution in [0.25, 0.3) is 10.7 Å². The summed E-state index contributed by atoms with van der Waals surface area (Å²) in [5.74, 6) is -0.236. The SMILES string of the molecule is O=C(NCc1cnc(-c2ccc(OCCCN3CCCCC3)cn2)s1)c1ccc2c(c1)NC(=O)c1ccccc1S2(=O)=O. The highest BCUT2D eigenvalue weighted by Gasteiger charge is 2.31. The number of aromatic nitrogens is 2. The number of hydrogen-bond donors (Lipinski definition) is 2. The number of carbonyl (C=O) groups excluding carboxylic acids is 2. The van der Waals surface area contributed by atoms with Crippen LogP contribution < -0.4 is 15.4 Å². The highest BCUT2D eigenvalue weighted by molar-refractivity contribution is 7.91. The smallest absolute Gasteiger partial charge is 0.257 e. The molecule has 43 heavy (non-hydrogen) atoms. The molecule has 4 aromatic rings. The van der Waals surface area contributed by atoms with Gasteiger partial charge in [0.25, 0.3) is 11.8 Å². The molecule has 0 radical (unpaired) electrons. The van der Waals surface area contributed by atoms with E-state index in [1.54, 1.807) is 24.5 Å². The number of pyridine rings is 1. The van der Waals surface area contributed by atoms with Gasteiger partial charge < -0.3 is 20.3 Å². The quantitative estimate of drug-likeness (QED) is 0.257. The van der Waals surface area contributed by atoms with Gasteiger partial charge in [-0.2, -0.15) is 0 Å². The lowest BCUT2D eigenvalue weighted by Gasteiger charge is -2.26. The number of nitrogens with one attached hydrogen (secondary N) is 2. The number of anilines is 1. The number of rotatable bonds is 9. The Morgan fingerprint density at radius 3 is 2.65 bits per heavy atom. The Hall–Kier alpha value is -4.13. The number of fused-ring (bicyclic) bond motifs is 2. The average molecular weight is 618 g/mol. The van der Waals surface area contributed by atoms with E-state index in [0.29, 0.717) is 12.3 Å². The van der Waals surface area contributed by atoms with Crippen molar-refractivity contribution in [3.8, 4) is 16.5 Å². The predicted octanol–water partition coefficient (Wildman–Crippen LogP) is 4.79. The molecule has 1 saturated heterocycles. The third kappa shape index (κ3) is 6.46. The molecule has 1 fully saturated rings. The van der Waals surface area contributed by atoms with E-state index in [-0.39, 0.29) is 33.2 Å². The number of thiazole rings is 1. The number of sulfone groups is 1. The Morgan fingerprint density at radius 1 is 1.00 bits per heavy atom. The molecule has 2 amide bonds. The van der Waals surface area contributed by atoms with Crippen LogP contribution in [-0.4, -0.2) is 61.3 Å². The van der Waals surface area contributed by atoms with Crippen LogP contribution in [0.3, 0.4) is 0 Å². The maximum Gasteiger partial charge on any atom is 0.257 e. The van der Waals surface area contributed by atoms with E-state index in [1.165, 1.54) is 74.0 Å². The van der Waals surface area contributed by atoms with Crippen molar-refractivity contribution in [3.05, 3.63) is 83.0 Å². The zero-order valence-corrected chi connectivity index (χ0v) is 25.0. The first-order valence-corrected chi connectivity index (χ1v) is 16.5. The second kappa shape index (κ2) is 12.6. The van der Waals surface area contributed by atoms with E-state index in [1.807, 2.05) is 12.1 Å². The van der Waals surface area contributed by atoms with Crippen molar-refractivity contribution in [2.75, 3.05) is 31.6 Å². The summed E-state index contributed by atoms with van der Waals surface area (Å²) in [5, 5.41) is 6.19. The van der Waals surface area contributed by atoms with Crippen LogP contribution in [0.1, 0.15) is 51.3 Å². The third-order valence-corrected chi connectivity index (χ3v) is 10.4. The zero-order valence-electron chi connectivity index (χ0n) is 23.4. The lowest BCUT2D eigenvalue weighted by Crippen LogP contribution is -2.31. The number of benzene rings is 2. The molecule has 222 valence electrons. The fraction of sp³-hybridized carbons (Fsp3) is 0.290. The van der Waals surface area contributed by atoms with Gasteiger partial charge in [0.15, 0.2) is 0 Å². The molecule has 2 N–H and O–H groups in total. The zero-order chi connectivity index (χ0) is 29.8. The second-order valence-corrected chi connectivity index (χ2v) is 13.5. The first-order valence-electron chi connectivity index (χ1n) is 14.2. The van der Waals surface area contributed by atoms with Crippen LogP contribution in [0.2, 0.25) is 0 Å². The molecule has 2 aliphatic rings. The maximum atomic E-state index is 13.2. The van der Waals surface area contributed by atoms with Crippen molar-refractivity contribution in [1.29, 1.82) is 0 Å². The Kier molecular flexibility index (Phi) is 8.50. The van der Waals surface area contributed by atoms with Crippen LogP contribution in [0, 0.1) is 0 Å². The molecule has 0 aliphatic carbocycles. The maximum absolute atomic E-state index is 13.2. The van der Waals surface area contributed by atoms with Crippen LogP contribution >= 0.6 is 11.3 Å². The number of likely N-dealkylation sites (tertiary alicyclic amines) is 1. The molecule has 0 atom stereocenters. The van der Waals surface area contributed by atoms with Crippen LogP contribution in [0.15, 0.2) is 76.8 Å². The predicted molar refractivity (Wildman–Crippen MR) is 163 cm³/mol. The molecule has 0 saturated carbocycles. The number of piperidine rings is 1. The van der Waals surface area contributed by atoms with Crippen molar-refractivity contribution in [2.45, 2.75) is 42.0 Å². The number of amides is 2. The molecule has 2 aromatic carbocycles. The summed E-state index contributed by atoms with van der Waals surface area (Å²) in [6.45, 7) is 4.31. The first kappa shape index (κ1) is 29.0. The largest absolute Gasteiger partial charge is 0.492 e. The molecule has 2 aliphatic heterocycles. The second-order valence-electron chi connectivity index (χ2n) is 10.5. The van der Waals surface area contributed by atoms with Crippen molar-refractivity contribution < 1.29 is 22.7 Å². The van der Waals surface area contributed by atoms with Gasteiger partial charge in [0.05, 0.1) is 46.1 Å². The van der Waals surface area contributed by atoms with Crippen LogP contribution in [-0.2, 0) is 16.4 Å². The molecule has 2 aromatic heterocycles. The fourth-order valence-corrected chi connectivity index (χ4v) is 7.65. The van der Waals surface area contributed by atoms with Gasteiger partial charge in [0.1, 0.15) is 10.8 Å². The van der Waals surface area contributed by atoms with E-state index in [9.17, 15) is 18.0 Å². The Balaban J connectivity index is 1.04. The van der Waals surface area contributed by atoms with E-state index >= 15 is 0 Å². The summed E-state index contributed by atoms with van der Waals surface area (Å²) in [6, 6.07) is 14.0. The summed E-state index contributed by atoms with van der Waals surface area (Å²) in [6.07, 6.45) is 8.29. The van der Waals surface area contributed by atoms with Gasteiger partial charge in [0.2, 0.25) is 9.84 Å². The van der Waals surface area contributed by atoms with Gasteiger partial charge in [-0.15, -0.1) is 11.3 Å². The van der Waals surface area contributed by atoms with Gasteiger partial charge in [-0.05, 0) is 74.8 Å². The third-order valence-electron chi connectivity index (χ3n) is 7.47. The van der Waals surface area contributed by atoms with Gasteiger partial charge in [-0.25, -0.2) is 18.4 Å². The van der Waals surface area contributed by atoms with E-state index in [2.05, 4.69) is 25.5 Å². The normalized spacial score (nSPS) is 16.0. The minimum atomic E-state index is -3.94. The minimum Gasteiger partial charge on any atom is -0.492 e. The Bertz CT molecular complexity index is 1750. The number of ether oxygens (including phenoxy) is 1. The number of carbonyl (C=O) groups is 2. The van der Waals surface area contributed by atoms with E-state index in [0.717, 1.165) is 28.6 Å². The van der Waals surface area contributed by atoms with Crippen LogP contribution in [0.4, 0.5) is 5.69 Å². The van der Waals surface area contributed by atoms with Crippen molar-refractivity contribution in [2.24, 2.45) is 0 Å². The van der Waals surface area contributed by atoms with Gasteiger partial charge in [0, 0.05) is 23.2 Å². The standard InChI is InChI=1S/C31H31N5O5S2/c37-29(21-9-12-28-26(17-21)35-30(38)24-7-2-3-8-27(24)43(28,39)40)33-19-23-20-34-31(42-23)25-11-10-22(18-32-25)41-16-6-15-36-13-4-1-5-14-36/h2-3,7-12,17-18,20H,1,4-6,13-16,19H2,(H,33,37)(H,35,38). The van der Waals surface area contributed by atoms with Gasteiger partial charge in [-0.3, -0.25) is 9.59 Å². The molecule has 0 bridgehead atoms. The highest BCUT2D eigenvalue weighted by Crippen LogP contribution is 2.34. The van der Waals surface area contributed by atoms with Crippen LogP contribution in [0.5, 0.6) is 5.75 Å². The van der Waals surface area contributed by atoms with E-state index < -0.39 is 21.7 Å². The topological polar surface area (TPSA) is 131 Å². The summed E-state index contributed by atoms with van der Waals surface area (Å²) < 4.78 is 32.3. The van der Waals surface area contributed by atoms with Gasteiger partial charge >= 0.3 is 0 Å². The molecule has 0 spiro atoms. The summed E-state index contributed by atoms with van der Waals surface area (Å²) in [7, 11) is -3.94. The summed E-state index contributed by atoms with van der Waals surface area (Å²) >= 11 is 1.41. The molecule has 12 heteroatoms. The number of hydrogen-bond acceptors (Lipinski definition) is 9. The molecule has 4 heterocycles. The fourth-order valence-electron chi connectivity index (χ4n) is 5.23. The molecule has 0 unspecified atom stereocenters.